The van der Waals surface area contributed by atoms with E-state index >= 15 is 0 Å². The molecule has 3 rings (SSSR count). The number of amides is 1. The number of thioether (sulfide) groups is 1. The van der Waals surface area contributed by atoms with Crippen molar-refractivity contribution >= 4 is 23.0 Å². The van der Waals surface area contributed by atoms with Crippen LogP contribution in [-0.4, -0.2) is 74.9 Å². The van der Waals surface area contributed by atoms with Gasteiger partial charge in [0.25, 0.3) is 0 Å². The second kappa shape index (κ2) is 9.65. The summed E-state index contributed by atoms with van der Waals surface area (Å²) in [4.78, 5) is 18.4. The fourth-order valence-corrected chi connectivity index (χ4v) is 4.49. The van der Waals surface area contributed by atoms with Gasteiger partial charge in [0.05, 0.1) is 13.2 Å². The Balaban J connectivity index is 1.60. The van der Waals surface area contributed by atoms with Gasteiger partial charge in [-0.3, -0.25) is 9.89 Å². The van der Waals surface area contributed by atoms with E-state index in [1.807, 2.05) is 37.3 Å². The quantitative estimate of drug-likeness (QED) is 0.728. The van der Waals surface area contributed by atoms with Crippen LogP contribution in [0.5, 0.6) is 0 Å². The fraction of sp³-hybridized carbons (Fsp3) is 0.619. The van der Waals surface area contributed by atoms with Crippen LogP contribution in [0, 0.1) is 0 Å². The predicted molar refractivity (Wildman–Crippen MR) is 114 cm³/mol. The predicted octanol–water partition coefficient (Wildman–Crippen LogP) is 2.38. The van der Waals surface area contributed by atoms with Gasteiger partial charge in [-0.25, -0.2) is 4.79 Å². The standard InChI is InChI=1S/C21H30N2O6S/c1-5-23(20(26)29-21(2,3)4)19-22-15-17(25)16(24)14(28-18(15)30-19)12-27-11-13-9-7-6-8-10-13/h6-10,14-18,24-25H,5,11-12H2,1-4H3/t14-,15-,16-,17-,18-/m1/s1. The van der Waals surface area contributed by atoms with Gasteiger partial charge in [-0.15, -0.1) is 0 Å². The number of aliphatic hydroxyl groups is 2. The van der Waals surface area contributed by atoms with E-state index in [4.69, 9.17) is 14.2 Å². The molecule has 1 amide bonds. The minimum atomic E-state index is -1.14. The summed E-state index contributed by atoms with van der Waals surface area (Å²) in [6.45, 7) is 8.09. The zero-order valence-corrected chi connectivity index (χ0v) is 18.5. The number of aliphatic hydroxyl groups excluding tert-OH is 2. The molecule has 2 aliphatic heterocycles. The largest absolute Gasteiger partial charge is 0.443 e. The lowest BCUT2D eigenvalue weighted by Gasteiger charge is -2.38. The molecule has 0 unspecified atom stereocenters. The minimum absolute atomic E-state index is 0.135. The Hall–Kier alpha value is -1.65. The van der Waals surface area contributed by atoms with Crippen molar-refractivity contribution in [1.29, 1.82) is 0 Å². The number of nitrogens with zero attached hydrogens (tertiary/aromatic N) is 2. The highest BCUT2D eigenvalue weighted by Crippen LogP contribution is 2.38. The number of hydrogen-bond donors (Lipinski definition) is 2. The molecule has 1 saturated heterocycles. The monoisotopic (exact) mass is 438 g/mol. The number of ether oxygens (including phenoxy) is 3. The third kappa shape index (κ3) is 5.53. The maximum atomic E-state index is 12.5. The molecule has 0 aliphatic carbocycles. The van der Waals surface area contributed by atoms with E-state index in [1.54, 1.807) is 20.8 Å². The molecule has 8 nitrogen and oxygen atoms in total. The van der Waals surface area contributed by atoms with Gasteiger partial charge >= 0.3 is 6.09 Å². The summed E-state index contributed by atoms with van der Waals surface area (Å²) in [5.41, 5.74) is -0.132. The summed E-state index contributed by atoms with van der Waals surface area (Å²) in [6, 6.07) is 9.02. The van der Waals surface area contributed by atoms with Crippen LogP contribution in [0.2, 0.25) is 0 Å². The highest BCUT2D eigenvalue weighted by molar-refractivity contribution is 8.14. The van der Waals surface area contributed by atoms with Crippen LogP contribution in [0.1, 0.15) is 33.3 Å². The summed E-state index contributed by atoms with van der Waals surface area (Å²) in [5.74, 6) is 0. The fourth-order valence-electron chi connectivity index (χ4n) is 3.21. The number of rotatable bonds is 5. The third-order valence-electron chi connectivity index (χ3n) is 4.70. The molecule has 5 atom stereocenters. The van der Waals surface area contributed by atoms with Gasteiger partial charge in [-0.2, -0.15) is 0 Å². The lowest BCUT2D eigenvalue weighted by molar-refractivity contribution is -0.171. The molecule has 1 aromatic carbocycles. The summed E-state index contributed by atoms with van der Waals surface area (Å²) < 4.78 is 17.1. The first kappa shape index (κ1) is 23.0. The molecule has 166 valence electrons. The van der Waals surface area contributed by atoms with Gasteiger partial charge in [-0.05, 0) is 33.3 Å². The van der Waals surface area contributed by atoms with Crippen molar-refractivity contribution in [3.63, 3.8) is 0 Å². The Morgan fingerprint density at radius 2 is 1.93 bits per heavy atom. The lowest BCUT2D eigenvalue weighted by Crippen LogP contribution is -2.56. The summed E-state index contributed by atoms with van der Waals surface area (Å²) in [5, 5.41) is 21.5. The molecule has 0 spiro atoms. The molecular weight excluding hydrogens is 408 g/mol. The number of fused-ring (bicyclic) bond motifs is 1. The van der Waals surface area contributed by atoms with Crippen LogP contribution < -0.4 is 0 Å². The smallest absolute Gasteiger partial charge is 0.416 e. The van der Waals surface area contributed by atoms with E-state index in [2.05, 4.69) is 4.99 Å². The molecular formula is C21H30N2O6S. The Bertz CT molecular complexity index is 754. The number of carbonyl (C=O) groups excluding carboxylic acids is 1. The van der Waals surface area contributed by atoms with E-state index < -0.39 is 41.5 Å². The maximum Gasteiger partial charge on any atom is 0.416 e. The number of amidine groups is 1. The molecule has 0 radical (unpaired) electrons. The SMILES string of the molecule is CCN(C(=O)OC(C)(C)C)C1=N[C@@H]2[C@@H](O)[C@H](O)[C@@H](COCc3ccccc3)O[C@@H]2S1. The summed E-state index contributed by atoms with van der Waals surface area (Å²) in [7, 11) is 0. The Labute approximate surface area is 181 Å². The molecule has 0 aromatic heterocycles. The first-order chi connectivity index (χ1) is 14.2. The van der Waals surface area contributed by atoms with Crippen molar-refractivity contribution in [3.8, 4) is 0 Å². The highest BCUT2D eigenvalue weighted by Gasteiger charge is 2.49. The third-order valence-corrected chi connectivity index (χ3v) is 5.86. The molecule has 2 aliphatic rings. The van der Waals surface area contributed by atoms with Crippen LogP contribution in [0.4, 0.5) is 4.79 Å². The van der Waals surface area contributed by atoms with Crippen molar-refractivity contribution in [2.24, 2.45) is 4.99 Å². The zero-order chi connectivity index (χ0) is 21.9. The molecule has 9 heteroatoms. The van der Waals surface area contributed by atoms with E-state index in [0.29, 0.717) is 18.3 Å². The van der Waals surface area contributed by atoms with Crippen molar-refractivity contribution in [2.45, 2.75) is 69.7 Å². The second-order valence-electron chi connectivity index (χ2n) is 8.27. The van der Waals surface area contributed by atoms with Crippen molar-refractivity contribution < 1.29 is 29.2 Å². The zero-order valence-electron chi connectivity index (χ0n) is 17.7. The van der Waals surface area contributed by atoms with Crippen molar-refractivity contribution in [3.05, 3.63) is 35.9 Å². The van der Waals surface area contributed by atoms with Gasteiger partial charge in [-0.1, -0.05) is 42.1 Å². The molecule has 0 bridgehead atoms. The van der Waals surface area contributed by atoms with Gasteiger partial charge < -0.3 is 24.4 Å². The van der Waals surface area contributed by atoms with E-state index in [0.717, 1.165) is 5.56 Å². The van der Waals surface area contributed by atoms with Crippen LogP contribution >= 0.6 is 11.8 Å². The number of hydrogen-bond acceptors (Lipinski definition) is 8. The Kier molecular flexibility index (Phi) is 7.41. The molecule has 0 saturated carbocycles. The van der Waals surface area contributed by atoms with Crippen LogP contribution in [0.25, 0.3) is 0 Å². The van der Waals surface area contributed by atoms with E-state index in [9.17, 15) is 15.0 Å². The topological polar surface area (TPSA) is 101 Å². The van der Waals surface area contributed by atoms with Crippen LogP contribution in [0.3, 0.4) is 0 Å². The van der Waals surface area contributed by atoms with E-state index in [1.165, 1.54) is 16.7 Å². The molecule has 2 heterocycles. The number of aliphatic imine (C=N–C) groups is 1. The van der Waals surface area contributed by atoms with Gasteiger partial charge in [0.2, 0.25) is 0 Å². The Morgan fingerprint density at radius 3 is 2.57 bits per heavy atom. The number of benzene rings is 1. The van der Waals surface area contributed by atoms with E-state index in [-0.39, 0.29) is 6.61 Å². The molecule has 1 fully saturated rings. The molecule has 30 heavy (non-hydrogen) atoms. The maximum absolute atomic E-state index is 12.5. The Morgan fingerprint density at radius 1 is 1.23 bits per heavy atom. The highest BCUT2D eigenvalue weighted by atomic mass is 32.2. The minimum Gasteiger partial charge on any atom is -0.443 e. The van der Waals surface area contributed by atoms with Crippen LogP contribution in [0.15, 0.2) is 35.3 Å². The molecule has 1 aromatic rings. The average Bonchev–Trinajstić information content (AvgIpc) is 3.09. The van der Waals surface area contributed by atoms with Crippen molar-refractivity contribution in [2.75, 3.05) is 13.2 Å². The second-order valence-corrected chi connectivity index (χ2v) is 9.34. The first-order valence-electron chi connectivity index (χ1n) is 10.1. The normalized spacial score (nSPS) is 28.6. The molecule has 2 N–H and O–H groups in total. The van der Waals surface area contributed by atoms with Gasteiger partial charge in [0, 0.05) is 6.54 Å². The van der Waals surface area contributed by atoms with Gasteiger partial charge in [0.15, 0.2) is 5.17 Å². The number of carbonyl (C=O) groups is 1. The van der Waals surface area contributed by atoms with Crippen LogP contribution in [-0.2, 0) is 20.8 Å². The van der Waals surface area contributed by atoms with Crippen molar-refractivity contribution in [1.82, 2.24) is 4.90 Å². The summed E-state index contributed by atoms with van der Waals surface area (Å²) >= 11 is 1.25. The lowest BCUT2D eigenvalue weighted by atomic mass is 9.99. The first-order valence-corrected chi connectivity index (χ1v) is 11.0. The summed E-state index contributed by atoms with van der Waals surface area (Å²) in [6.07, 6.45) is -3.45. The average molecular weight is 439 g/mol. The van der Waals surface area contributed by atoms with Gasteiger partial charge in [0.1, 0.15) is 35.4 Å².